The van der Waals surface area contributed by atoms with E-state index in [1.54, 1.807) is 37.4 Å². The Morgan fingerprint density at radius 3 is 2.55 bits per heavy atom. The SMILES string of the molecule is COc1ccc(Br)cc1NC(=O)c1cc(N)cc(Br)c1. The molecule has 0 heterocycles. The van der Waals surface area contributed by atoms with Gasteiger partial charge < -0.3 is 15.8 Å². The summed E-state index contributed by atoms with van der Waals surface area (Å²) in [5.41, 5.74) is 7.31. The zero-order valence-electron chi connectivity index (χ0n) is 10.6. The highest BCUT2D eigenvalue weighted by Gasteiger charge is 2.11. The van der Waals surface area contributed by atoms with Gasteiger partial charge in [0.1, 0.15) is 5.75 Å². The van der Waals surface area contributed by atoms with Crippen LogP contribution < -0.4 is 15.8 Å². The van der Waals surface area contributed by atoms with Crippen molar-refractivity contribution in [3.05, 3.63) is 50.9 Å². The minimum absolute atomic E-state index is 0.255. The third-order valence-corrected chi connectivity index (χ3v) is 3.54. The molecular formula is C14H12Br2N2O2. The molecule has 0 aliphatic rings. The number of carbonyl (C=O) groups excluding carboxylic acids is 1. The molecule has 0 unspecified atom stereocenters. The van der Waals surface area contributed by atoms with Crippen molar-refractivity contribution in [3.63, 3.8) is 0 Å². The summed E-state index contributed by atoms with van der Waals surface area (Å²) in [6.45, 7) is 0. The van der Waals surface area contributed by atoms with Crippen molar-refractivity contribution in [2.24, 2.45) is 0 Å². The van der Waals surface area contributed by atoms with Crippen molar-refractivity contribution >= 4 is 49.1 Å². The van der Waals surface area contributed by atoms with E-state index >= 15 is 0 Å². The quantitative estimate of drug-likeness (QED) is 0.765. The van der Waals surface area contributed by atoms with Gasteiger partial charge in [-0.3, -0.25) is 4.79 Å². The second-order valence-electron chi connectivity index (χ2n) is 4.07. The third-order valence-electron chi connectivity index (χ3n) is 2.59. The van der Waals surface area contributed by atoms with Gasteiger partial charge >= 0.3 is 0 Å². The molecule has 0 aliphatic heterocycles. The maximum absolute atomic E-state index is 12.2. The number of hydrogen-bond acceptors (Lipinski definition) is 3. The van der Waals surface area contributed by atoms with Crippen LogP contribution in [0.1, 0.15) is 10.4 Å². The fourth-order valence-electron chi connectivity index (χ4n) is 1.72. The predicted octanol–water partition coefficient (Wildman–Crippen LogP) is 4.05. The number of halogens is 2. The molecule has 1 amide bonds. The lowest BCUT2D eigenvalue weighted by atomic mass is 10.2. The number of rotatable bonds is 3. The van der Waals surface area contributed by atoms with E-state index in [-0.39, 0.29) is 5.91 Å². The highest BCUT2D eigenvalue weighted by Crippen LogP contribution is 2.28. The van der Waals surface area contributed by atoms with Gasteiger partial charge in [0.2, 0.25) is 0 Å². The van der Waals surface area contributed by atoms with E-state index in [0.29, 0.717) is 22.7 Å². The second kappa shape index (κ2) is 6.28. The van der Waals surface area contributed by atoms with Gasteiger partial charge in [-0.25, -0.2) is 0 Å². The Kier molecular flexibility index (Phi) is 4.67. The number of amides is 1. The highest BCUT2D eigenvalue weighted by molar-refractivity contribution is 9.10. The second-order valence-corrected chi connectivity index (χ2v) is 5.90. The van der Waals surface area contributed by atoms with Crippen molar-refractivity contribution in [2.45, 2.75) is 0 Å². The topological polar surface area (TPSA) is 64.3 Å². The number of benzene rings is 2. The van der Waals surface area contributed by atoms with E-state index in [9.17, 15) is 4.79 Å². The molecule has 2 rings (SSSR count). The van der Waals surface area contributed by atoms with Crippen LogP contribution in [0.15, 0.2) is 45.3 Å². The van der Waals surface area contributed by atoms with E-state index < -0.39 is 0 Å². The van der Waals surface area contributed by atoms with Gasteiger partial charge in [-0.15, -0.1) is 0 Å². The lowest BCUT2D eigenvalue weighted by Crippen LogP contribution is -2.13. The Balaban J connectivity index is 2.29. The molecule has 104 valence electrons. The molecule has 0 radical (unpaired) electrons. The van der Waals surface area contributed by atoms with E-state index in [4.69, 9.17) is 10.5 Å². The van der Waals surface area contributed by atoms with Crippen LogP contribution in [-0.4, -0.2) is 13.0 Å². The summed E-state index contributed by atoms with van der Waals surface area (Å²) in [7, 11) is 1.55. The van der Waals surface area contributed by atoms with Crippen molar-refractivity contribution in [1.82, 2.24) is 0 Å². The molecule has 0 spiro atoms. The average molecular weight is 400 g/mol. The van der Waals surface area contributed by atoms with Crippen molar-refractivity contribution in [1.29, 1.82) is 0 Å². The zero-order valence-corrected chi connectivity index (χ0v) is 13.8. The largest absolute Gasteiger partial charge is 0.495 e. The summed E-state index contributed by atoms with van der Waals surface area (Å²) < 4.78 is 6.82. The predicted molar refractivity (Wildman–Crippen MR) is 87.2 cm³/mol. The molecule has 4 nitrogen and oxygen atoms in total. The first kappa shape index (κ1) is 14.9. The highest BCUT2D eigenvalue weighted by atomic mass is 79.9. The Morgan fingerprint density at radius 1 is 1.15 bits per heavy atom. The van der Waals surface area contributed by atoms with Crippen molar-refractivity contribution < 1.29 is 9.53 Å². The summed E-state index contributed by atoms with van der Waals surface area (Å²) in [4.78, 5) is 12.2. The van der Waals surface area contributed by atoms with Gasteiger partial charge in [0.15, 0.2) is 0 Å². The molecule has 0 saturated heterocycles. The molecule has 0 aromatic heterocycles. The molecule has 0 aliphatic carbocycles. The molecule has 2 aromatic carbocycles. The summed E-state index contributed by atoms with van der Waals surface area (Å²) >= 11 is 6.67. The summed E-state index contributed by atoms with van der Waals surface area (Å²) in [6.07, 6.45) is 0. The summed E-state index contributed by atoms with van der Waals surface area (Å²) in [5.74, 6) is 0.332. The molecule has 0 fully saturated rings. The van der Waals surface area contributed by atoms with Gasteiger partial charge in [0.25, 0.3) is 5.91 Å². The standard InChI is InChI=1S/C14H12Br2N2O2/c1-20-13-3-2-9(15)7-12(13)18-14(19)8-4-10(16)6-11(17)5-8/h2-7H,17H2,1H3,(H,18,19). The van der Waals surface area contributed by atoms with E-state index in [1.807, 2.05) is 6.07 Å². The molecule has 0 saturated carbocycles. The van der Waals surface area contributed by atoms with E-state index in [0.717, 1.165) is 8.95 Å². The Morgan fingerprint density at radius 2 is 1.90 bits per heavy atom. The minimum atomic E-state index is -0.255. The zero-order chi connectivity index (χ0) is 14.7. The number of anilines is 2. The smallest absolute Gasteiger partial charge is 0.255 e. The molecule has 6 heteroatoms. The van der Waals surface area contributed by atoms with Crippen LogP contribution in [0.25, 0.3) is 0 Å². The number of nitrogens with two attached hydrogens (primary N) is 1. The molecule has 0 bridgehead atoms. The first-order valence-electron chi connectivity index (χ1n) is 5.70. The van der Waals surface area contributed by atoms with Gasteiger partial charge in [0.05, 0.1) is 12.8 Å². The van der Waals surface area contributed by atoms with Crippen LogP contribution in [0.5, 0.6) is 5.75 Å². The number of hydrogen-bond donors (Lipinski definition) is 2. The monoisotopic (exact) mass is 398 g/mol. The Bertz CT molecular complexity index is 639. The van der Waals surface area contributed by atoms with Gasteiger partial charge in [0, 0.05) is 20.2 Å². The fraction of sp³-hybridized carbons (Fsp3) is 0.0714. The van der Waals surface area contributed by atoms with E-state index in [1.165, 1.54) is 0 Å². The molecule has 2 aromatic rings. The van der Waals surface area contributed by atoms with Crippen LogP contribution in [0, 0.1) is 0 Å². The van der Waals surface area contributed by atoms with Crippen LogP contribution in [0.3, 0.4) is 0 Å². The maximum Gasteiger partial charge on any atom is 0.255 e. The number of ether oxygens (including phenoxy) is 1. The first-order chi connectivity index (χ1) is 9.49. The van der Waals surface area contributed by atoms with Crippen LogP contribution in [-0.2, 0) is 0 Å². The van der Waals surface area contributed by atoms with Crippen LogP contribution in [0.2, 0.25) is 0 Å². The first-order valence-corrected chi connectivity index (χ1v) is 7.29. The lowest BCUT2D eigenvalue weighted by molar-refractivity contribution is 0.102. The molecule has 3 N–H and O–H groups in total. The van der Waals surface area contributed by atoms with Gasteiger partial charge in [-0.05, 0) is 36.4 Å². The average Bonchev–Trinajstić information content (AvgIpc) is 2.37. The number of nitrogen functional groups attached to an aromatic ring is 1. The van der Waals surface area contributed by atoms with Gasteiger partial charge in [-0.2, -0.15) is 0 Å². The van der Waals surface area contributed by atoms with Crippen molar-refractivity contribution in [3.8, 4) is 5.75 Å². The van der Waals surface area contributed by atoms with E-state index in [2.05, 4.69) is 37.2 Å². The normalized spacial score (nSPS) is 10.2. The van der Waals surface area contributed by atoms with Gasteiger partial charge in [-0.1, -0.05) is 31.9 Å². The summed E-state index contributed by atoms with van der Waals surface area (Å²) in [5, 5.41) is 2.80. The van der Waals surface area contributed by atoms with Crippen LogP contribution >= 0.6 is 31.9 Å². The summed E-state index contributed by atoms with van der Waals surface area (Å²) in [6, 6.07) is 10.4. The Hall–Kier alpha value is -1.53. The third kappa shape index (κ3) is 3.52. The lowest BCUT2D eigenvalue weighted by Gasteiger charge is -2.11. The maximum atomic E-state index is 12.2. The Labute approximate surface area is 133 Å². The minimum Gasteiger partial charge on any atom is -0.495 e. The molecule has 20 heavy (non-hydrogen) atoms. The number of carbonyl (C=O) groups is 1. The number of methoxy groups -OCH3 is 1. The number of nitrogens with one attached hydrogen (secondary N) is 1. The van der Waals surface area contributed by atoms with Crippen molar-refractivity contribution in [2.75, 3.05) is 18.2 Å². The molecular weight excluding hydrogens is 388 g/mol. The molecule has 0 atom stereocenters. The van der Waals surface area contributed by atoms with Crippen LogP contribution in [0.4, 0.5) is 11.4 Å². The fourth-order valence-corrected chi connectivity index (χ4v) is 2.59.